The normalized spacial score (nSPS) is 10.2. The highest BCUT2D eigenvalue weighted by atomic mass is 19.2. The summed E-state index contributed by atoms with van der Waals surface area (Å²) in [6.07, 6.45) is 0.927. The van der Waals surface area contributed by atoms with Gasteiger partial charge in [0.2, 0.25) is 0 Å². The van der Waals surface area contributed by atoms with Crippen LogP contribution in [0.1, 0.15) is 10.4 Å². The molecular weight excluding hydrogens is 260 g/mol. The van der Waals surface area contributed by atoms with Gasteiger partial charge in [-0.2, -0.15) is 0 Å². The second-order valence-electron chi connectivity index (χ2n) is 3.57. The number of nitrogens with one attached hydrogen (secondary N) is 3. The molecule has 1 amide bonds. The van der Waals surface area contributed by atoms with E-state index in [1.54, 1.807) is 0 Å². The standard InChI is InChI=1S/C11H7F2N3O3/c12-7-2-1-5(3-8(7)13)15-9(17)6-4-14-11(19)16-10(6)18/h1-4H,(H,15,17)(H2,14,16,18,19). The minimum atomic E-state index is -1.13. The SMILES string of the molecule is O=C(Nc1ccc(F)c(F)c1)c1c[nH]c(=O)[nH]c1=O. The summed E-state index contributed by atoms with van der Waals surface area (Å²) in [5.74, 6) is -3.04. The molecule has 0 spiro atoms. The average Bonchev–Trinajstić information content (AvgIpc) is 2.33. The van der Waals surface area contributed by atoms with Crippen molar-refractivity contribution >= 4 is 11.6 Å². The Labute approximate surface area is 104 Å². The number of amides is 1. The zero-order valence-corrected chi connectivity index (χ0v) is 9.29. The number of carbonyl (C=O) groups is 1. The summed E-state index contributed by atoms with van der Waals surface area (Å²) >= 11 is 0. The van der Waals surface area contributed by atoms with E-state index in [1.165, 1.54) is 0 Å². The van der Waals surface area contributed by atoms with Gasteiger partial charge in [-0.15, -0.1) is 0 Å². The van der Waals surface area contributed by atoms with Gasteiger partial charge < -0.3 is 10.3 Å². The molecule has 1 aromatic heterocycles. The zero-order valence-electron chi connectivity index (χ0n) is 9.29. The average molecular weight is 267 g/mol. The second-order valence-corrected chi connectivity index (χ2v) is 3.57. The molecule has 0 fully saturated rings. The molecule has 8 heteroatoms. The van der Waals surface area contributed by atoms with Gasteiger partial charge in [-0.25, -0.2) is 13.6 Å². The molecule has 2 rings (SSSR count). The van der Waals surface area contributed by atoms with Crippen LogP contribution in [0.15, 0.2) is 34.0 Å². The van der Waals surface area contributed by atoms with E-state index < -0.39 is 28.8 Å². The van der Waals surface area contributed by atoms with E-state index >= 15 is 0 Å². The summed E-state index contributed by atoms with van der Waals surface area (Å²) < 4.78 is 25.6. The summed E-state index contributed by atoms with van der Waals surface area (Å²) in [7, 11) is 0. The lowest BCUT2D eigenvalue weighted by Gasteiger charge is -2.04. The molecule has 0 aliphatic carbocycles. The minimum Gasteiger partial charge on any atom is -0.322 e. The molecule has 3 N–H and O–H groups in total. The molecule has 0 radical (unpaired) electrons. The minimum absolute atomic E-state index is 0.0190. The highest BCUT2D eigenvalue weighted by Gasteiger charge is 2.12. The molecule has 0 saturated carbocycles. The number of hydrogen-bond donors (Lipinski definition) is 3. The van der Waals surface area contributed by atoms with Crippen molar-refractivity contribution in [3.8, 4) is 0 Å². The number of hydrogen-bond acceptors (Lipinski definition) is 3. The quantitative estimate of drug-likeness (QED) is 0.743. The Morgan fingerprint density at radius 3 is 2.53 bits per heavy atom. The maximum atomic E-state index is 12.9. The van der Waals surface area contributed by atoms with E-state index in [2.05, 4.69) is 10.3 Å². The fourth-order valence-electron chi connectivity index (χ4n) is 1.35. The van der Waals surface area contributed by atoms with Gasteiger partial charge in [0.1, 0.15) is 5.56 Å². The Morgan fingerprint density at radius 1 is 1.16 bits per heavy atom. The predicted octanol–water partition coefficient (Wildman–Crippen LogP) is 0.594. The first kappa shape index (κ1) is 12.7. The molecule has 2 aromatic rings. The lowest BCUT2D eigenvalue weighted by molar-refractivity contribution is 0.102. The Hall–Kier alpha value is -2.77. The highest BCUT2D eigenvalue weighted by molar-refractivity contribution is 6.03. The summed E-state index contributed by atoms with van der Waals surface area (Å²) in [4.78, 5) is 37.8. The first-order valence-corrected chi connectivity index (χ1v) is 5.06. The maximum Gasteiger partial charge on any atom is 0.325 e. The van der Waals surface area contributed by atoms with Gasteiger partial charge in [-0.05, 0) is 12.1 Å². The van der Waals surface area contributed by atoms with Crippen LogP contribution in [0.25, 0.3) is 0 Å². The van der Waals surface area contributed by atoms with Crippen molar-refractivity contribution in [3.63, 3.8) is 0 Å². The first-order chi connectivity index (χ1) is 8.97. The van der Waals surface area contributed by atoms with Crippen molar-refractivity contribution in [1.29, 1.82) is 0 Å². The van der Waals surface area contributed by atoms with Crippen molar-refractivity contribution < 1.29 is 13.6 Å². The number of rotatable bonds is 2. The maximum absolute atomic E-state index is 12.9. The number of aromatic amines is 2. The van der Waals surface area contributed by atoms with Gasteiger partial charge in [-0.1, -0.05) is 0 Å². The second kappa shape index (κ2) is 4.84. The lowest BCUT2D eigenvalue weighted by Crippen LogP contribution is -2.29. The van der Waals surface area contributed by atoms with E-state index in [4.69, 9.17) is 0 Å². The van der Waals surface area contributed by atoms with Crippen molar-refractivity contribution in [2.24, 2.45) is 0 Å². The molecule has 0 aliphatic heterocycles. The third-order valence-electron chi connectivity index (χ3n) is 2.24. The Morgan fingerprint density at radius 2 is 1.89 bits per heavy atom. The third kappa shape index (κ3) is 2.73. The molecule has 1 aromatic carbocycles. The Balaban J connectivity index is 2.28. The summed E-state index contributed by atoms with van der Waals surface area (Å²) in [5, 5.41) is 2.20. The fraction of sp³-hybridized carbons (Fsp3) is 0. The summed E-state index contributed by atoms with van der Waals surface area (Å²) in [5.41, 5.74) is -2.02. The number of benzene rings is 1. The Bertz CT molecular complexity index is 751. The van der Waals surface area contributed by atoms with Crippen molar-refractivity contribution in [2.45, 2.75) is 0 Å². The van der Waals surface area contributed by atoms with Gasteiger partial charge >= 0.3 is 5.69 Å². The smallest absolute Gasteiger partial charge is 0.322 e. The van der Waals surface area contributed by atoms with Gasteiger partial charge in [0, 0.05) is 18.0 Å². The van der Waals surface area contributed by atoms with Crippen molar-refractivity contribution in [1.82, 2.24) is 9.97 Å². The number of halogens is 2. The van der Waals surface area contributed by atoms with Crippen LogP contribution in [0, 0.1) is 11.6 Å². The Kier molecular flexibility index (Phi) is 3.23. The van der Waals surface area contributed by atoms with Crippen LogP contribution in [-0.2, 0) is 0 Å². The number of aromatic nitrogens is 2. The van der Waals surface area contributed by atoms with Crippen LogP contribution in [0.5, 0.6) is 0 Å². The van der Waals surface area contributed by atoms with Crippen molar-refractivity contribution in [3.05, 3.63) is 62.4 Å². The molecule has 0 bridgehead atoms. The van der Waals surface area contributed by atoms with Crippen molar-refractivity contribution in [2.75, 3.05) is 5.32 Å². The van der Waals surface area contributed by atoms with Crippen LogP contribution < -0.4 is 16.6 Å². The first-order valence-electron chi connectivity index (χ1n) is 5.06. The third-order valence-corrected chi connectivity index (χ3v) is 2.24. The fourth-order valence-corrected chi connectivity index (χ4v) is 1.35. The topological polar surface area (TPSA) is 94.8 Å². The molecule has 0 aliphatic rings. The van der Waals surface area contributed by atoms with E-state index in [0.29, 0.717) is 0 Å². The predicted molar refractivity (Wildman–Crippen MR) is 62.0 cm³/mol. The van der Waals surface area contributed by atoms with E-state index in [0.717, 1.165) is 24.4 Å². The molecule has 19 heavy (non-hydrogen) atoms. The molecule has 6 nitrogen and oxygen atoms in total. The van der Waals surface area contributed by atoms with E-state index in [-0.39, 0.29) is 11.3 Å². The molecule has 1 heterocycles. The van der Waals surface area contributed by atoms with E-state index in [1.807, 2.05) is 4.98 Å². The van der Waals surface area contributed by atoms with Crippen LogP contribution in [0.2, 0.25) is 0 Å². The van der Waals surface area contributed by atoms with Gasteiger partial charge in [0.05, 0.1) is 0 Å². The summed E-state index contributed by atoms with van der Waals surface area (Å²) in [6, 6.07) is 2.74. The zero-order chi connectivity index (χ0) is 14.0. The van der Waals surface area contributed by atoms with Crippen LogP contribution >= 0.6 is 0 Å². The lowest BCUT2D eigenvalue weighted by atomic mass is 10.2. The largest absolute Gasteiger partial charge is 0.325 e. The van der Waals surface area contributed by atoms with Crippen LogP contribution in [0.4, 0.5) is 14.5 Å². The molecule has 98 valence electrons. The summed E-state index contributed by atoms with van der Waals surface area (Å²) in [6.45, 7) is 0. The monoisotopic (exact) mass is 267 g/mol. The van der Waals surface area contributed by atoms with Gasteiger partial charge in [0.15, 0.2) is 11.6 Å². The molecule has 0 saturated heterocycles. The molecular formula is C11H7F2N3O3. The number of carbonyl (C=O) groups excluding carboxylic acids is 1. The van der Waals surface area contributed by atoms with Gasteiger partial charge in [-0.3, -0.25) is 14.6 Å². The number of anilines is 1. The molecule has 0 unspecified atom stereocenters. The van der Waals surface area contributed by atoms with Crippen LogP contribution in [0.3, 0.4) is 0 Å². The number of H-pyrrole nitrogens is 2. The van der Waals surface area contributed by atoms with Gasteiger partial charge in [0.25, 0.3) is 11.5 Å². The molecule has 0 atom stereocenters. The van der Waals surface area contributed by atoms with Crippen LogP contribution in [-0.4, -0.2) is 15.9 Å². The van der Waals surface area contributed by atoms with E-state index in [9.17, 15) is 23.2 Å². The highest BCUT2D eigenvalue weighted by Crippen LogP contribution is 2.13.